The first-order valence-electron chi connectivity index (χ1n) is 6.36. The molecule has 102 valence electrons. The first kappa shape index (κ1) is 14.7. The average Bonchev–Trinajstić information content (AvgIpc) is 2.74. The fourth-order valence-corrected chi connectivity index (χ4v) is 1.80. The molecule has 1 amide bonds. The quantitative estimate of drug-likeness (QED) is 0.800. The second kappa shape index (κ2) is 6.00. The van der Waals surface area contributed by atoms with Gasteiger partial charge in [0.1, 0.15) is 5.60 Å². The summed E-state index contributed by atoms with van der Waals surface area (Å²) in [5, 5.41) is 17.1. The van der Waals surface area contributed by atoms with E-state index in [0.29, 0.717) is 5.56 Å². The molecule has 0 spiro atoms. The van der Waals surface area contributed by atoms with Crippen molar-refractivity contribution < 1.29 is 9.90 Å². The molecule has 0 aromatic carbocycles. The maximum atomic E-state index is 11.8. The summed E-state index contributed by atoms with van der Waals surface area (Å²) in [6.45, 7) is 5.83. The number of nitrogens with one attached hydrogen (secondary N) is 1. The smallest absolute Gasteiger partial charge is 0.222 e. The minimum absolute atomic E-state index is 0.0129. The number of carbonyl (C=O) groups is 1. The van der Waals surface area contributed by atoms with E-state index in [1.807, 2.05) is 6.92 Å². The monoisotopic (exact) mass is 253 g/mol. The van der Waals surface area contributed by atoms with Crippen LogP contribution in [0.2, 0.25) is 0 Å². The summed E-state index contributed by atoms with van der Waals surface area (Å²) in [5.74, 6) is -0.0271. The van der Waals surface area contributed by atoms with Gasteiger partial charge < -0.3 is 10.4 Å². The second-order valence-electron chi connectivity index (χ2n) is 5.08. The Labute approximate surface area is 108 Å². The standard InChI is InChI=1S/C13H23N3O2/c1-5-6-10(2)12(17)14-9-13(3,18)11-7-15-16(4)8-11/h7-8,10,18H,5-6,9H2,1-4H3,(H,14,17). The summed E-state index contributed by atoms with van der Waals surface area (Å²) in [6.07, 6.45) is 5.21. The van der Waals surface area contributed by atoms with Gasteiger partial charge in [-0.2, -0.15) is 5.10 Å². The van der Waals surface area contributed by atoms with E-state index in [0.717, 1.165) is 12.8 Å². The maximum Gasteiger partial charge on any atom is 0.222 e. The van der Waals surface area contributed by atoms with Crippen molar-refractivity contribution in [3.63, 3.8) is 0 Å². The molecule has 0 aliphatic heterocycles. The van der Waals surface area contributed by atoms with E-state index in [-0.39, 0.29) is 18.4 Å². The Kier molecular flexibility index (Phi) is 4.90. The molecule has 1 heterocycles. The minimum atomic E-state index is -1.09. The van der Waals surface area contributed by atoms with Gasteiger partial charge in [0.15, 0.2) is 0 Å². The number of aliphatic hydroxyl groups is 1. The predicted octanol–water partition coefficient (Wildman–Crippen LogP) is 1.18. The van der Waals surface area contributed by atoms with Crippen molar-refractivity contribution in [2.75, 3.05) is 6.54 Å². The molecule has 0 saturated heterocycles. The van der Waals surface area contributed by atoms with E-state index >= 15 is 0 Å². The maximum absolute atomic E-state index is 11.8. The Hall–Kier alpha value is -1.36. The van der Waals surface area contributed by atoms with Gasteiger partial charge in [-0.15, -0.1) is 0 Å². The Morgan fingerprint density at radius 1 is 1.67 bits per heavy atom. The Balaban J connectivity index is 2.54. The van der Waals surface area contributed by atoms with Crippen molar-refractivity contribution in [2.45, 2.75) is 39.2 Å². The van der Waals surface area contributed by atoms with E-state index in [1.165, 1.54) is 0 Å². The third-order valence-corrected chi connectivity index (χ3v) is 3.10. The normalized spacial score (nSPS) is 16.1. The van der Waals surface area contributed by atoms with Crippen LogP contribution < -0.4 is 5.32 Å². The van der Waals surface area contributed by atoms with Gasteiger partial charge in [-0.25, -0.2) is 0 Å². The van der Waals surface area contributed by atoms with Crippen molar-refractivity contribution in [3.8, 4) is 0 Å². The first-order chi connectivity index (χ1) is 8.36. The molecular formula is C13H23N3O2. The molecule has 1 aromatic heterocycles. The molecule has 0 aliphatic rings. The third-order valence-electron chi connectivity index (χ3n) is 3.10. The summed E-state index contributed by atoms with van der Waals surface area (Å²) in [7, 11) is 1.79. The number of hydrogen-bond donors (Lipinski definition) is 2. The van der Waals surface area contributed by atoms with E-state index in [2.05, 4.69) is 17.3 Å². The summed E-state index contributed by atoms with van der Waals surface area (Å²) < 4.78 is 1.63. The van der Waals surface area contributed by atoms with Crippen LogP contribution in [-0.2, 0) is 17.4 Å². The molecular weight excluding hydrogens is 230 g/mol. The number of nitrogens with zero attached hydrogens (tertiary/aromatic N) is 2. The van der Waals surface area contributed by atoms with E-state index < -0.39 is 5.60 Å². The molecule has 18 heavy (non-hydrogen) atoms. The number of aromatic nitrogens is 2. The van der Waals surface area contributed by atoms with Crippen LogP contribution in [0.1, 0.15) is 39.2 Å². The zero-order valence-corrected chi connectivity index (χ0v) is 11.6. The highest BCUT2D eigenvalue weighted by Gasteiger charge is 2.26. The van der Waals surface area contributed by atoms with Crippen molar-refractivity contribution in [1.29, 1.82) is 0 Å². The SMILES string of the molecule is CCCC(C)C(=O)NCC(C)(O)c1cnn(C)c1. The number of amides is 1. The van der Waals surface area contributed by atoms with Crippen LogP contribution in [0, 0.1) is 5.92 Å². The summed E-state index contributed by atoms with van der Waals surface area (Å²) in [4.78, 5) is 11.8. The Morgan fingerprint density at radius 3 is 2.83 bits per heavy atom. The third kappa shape index (κ3) is 3.84. The van der Waals surface area contributed by atoms with Crippen LogP contribution >= 0.6 is 0 Å². The molecule has 0 radical (unpaired) electrons. The molecule has 5 nitrogen and oxygen atoms in total. The van der Waals surface area contributed by atoms with E-state index in [1.54, 1.807) is 31.0 Å². The van der Waals surface area contributed by atoms with Crippen LogP contribution in [-0.4, -0.2) is 27.3 Å². The topological polar surface area (TPSA) is 67.2 Å². The van der Waals surface area contributed by atoms with Crippen molar-refractivity contribution in [1.82, 2.24) is 15.1 Å². The Bertz CT molecular complexity index is 399. The molecule has 0 aliphatic carbocycles. The summed E-state index contributed by atoms with van der Waals surface area (Å²) in [6, 6.07) is 0. The highest BCUT2D eigenvalue weighted by Crippen LogP contribution is 2.18. The van der Waals surface area contributed by atoms with Crippen LogP contribution in [0.25, 0.3) is 0 Å². The molecule has 0 fully saturated rings. The fraction of sp³-hybridized carbons (Fsp3) is 0.692. The second-order valence-corrected chi connectivity index (χ2v) is 5.08. The average molecular weight is 253 g/mol. The van der Waals surface area contributed by atoms with E-state index in [4.69, 9.17) is 0 Å². The van der Waals surface area contributed by atoms with Gasteiger partial charge in [-0.1, -0.05) is 20.3 Å². The van der Waals surface area contributed by atoms with Gasteiger partial charge >= 0.3 is 0 Å². The summed E-state index contributed by atoms with van der Waals surface area (Å²) in [5.41, 5.74) is -0.385. The van der Waals surface area contributed by atoms with Crippen molar-refractivity contribution >= 4 is 5.91 Å². The largest absolute Gasteiger partial charge is 0.383 e. The highest BCUT2D eigenvalue weighted by atomic mass is 16.3. The lowest BCUT2D eigenvalue weighted by Gasteiger charge is -2.23. The molecule has 5 heteroatoms. The van der Waals surface area contributed by atoms with Gasteiger partial charge in [0.25, 0.3) is 0 Å². The molecule has 1 aromatic rings. The van der Waals surface area contributed by atoms with Gasteiger partial charge in [0.05, 0.1) is 12.7 Å². The number of aryl methyl sites for hydroxylation is 1. The van der Waals surface area contributed by atoms with Gasteiger partial charge in [-0.3, -0.25) is 9.48 Å². The molecule has 2 N–H and O–H groups in total. The van der Waals surface area contributed by atoms with Crippen LogP contribution in [0.5, 0.6) is 0 Å². The lowest BCUT2D eigenvalue weighted by molar-refractivity contribution is -0.125. The molecule has 2 unspecified atom stereocenters. The fourth-order valence-electron chi connectivity index (χ4n) is 1.80. The number of carbonyl (C=O) groups excluding carboxylic acids is 1. The zero-order valence-electron chi connectivity index (χ0n) is 11.6. The summed E-state index contributed by atoms with van der Waals surface area (Å²) >= 11 is 0. The lowest BCUT2D eigenvalue weighted by Crippen LogP contribution is -2.40. The van der Waals surface area contributed by atoms with E-state index in [9.17, 15) is 9.90 Å². The number of rotatable bonds is 6. The Morgan fingerprint density at radius 2 is 2.33 bits per heavy atom. The van der Waals surface area contributed by atoms with Gasteiger partial charge in [0.2, 0.25) is 5.91 Å². The molecule has 1 rings (SSSR count). The van der Waals surface area contributed by atoms with Crippen molar-refractivity contribution in [2.24, 2.45) is 13.0 Å². The van der Waals surface area contributed by atoms with Crippen LogP contribution in [0.3, 0.4) is 0 Å². The molecule has 0 saturated carbocycles. The molecule has 0 bridgehead atoms. The lowest BCUT2D eigenvalue weighted by atomic mass is 9.99. The highest BCUT2D eigenvalue weighted by molar-refractivity contribution is 5.78. The van der Waals surface area contributed by atoms with Crippen LogP contribution in [0.15, 0.2) is 12.4 Å². The van der Waals surface area contributed by atoms with Gasteiger partial charge in [-0.05, 0) is 13.3 Å². The number of hydrogen-bond acceptors (Lipinski definition) is 3. The molecule has 2 atom stereocenters. The van der Waals surface area contributed by atoms with Crippen LogP contribution in [0.4, 0.5) is 0 Å². The predicted molar refractivity (Wildman–Crippen MR) is 69.9 cm³/mol. The zero-order chi connectivity index (χ0) is 13.8. The minimum Gasteiger partial charge on any atom is -0.383 e. The van der Waals surface area contributed by atoms with Crippen molar-refractivity contribution in [3.05, 3.63) is 18.0 Å². The first-order valence-corrected chi connectivity index (χ1v) is 6.36. The van der Waals surface area contributed by atoms with Gasteiger partial charge in [0, 0.05) is 24.7 Å².